The van der Waals surface area contributed by atoms with Gasteiger partial charge >= 0.3 is 11.9 Å². The van der Waals surface area contributed by atoms with Crippen molar-refractivity contribution in [2.45, 2.75) is 20.0 Å². The molecule has 8 heteroatoms. The van der Waals surface area contributed by atoms with Crippen LogP contribution in [0.1, 0.15) is 27.3 Å². The zero-order chi connectivity index (χ0) is 19.5. The van der Waals surface area contributed by atoms with Gasteiger partial charge in [0.1, 0.15) is 0 Å². The lowest BCUT2D eigenvalue weighted by molar-refractivity contribution is -0.135. The molecule has 0 aliphatic carbocycles. The highest BCUT2D eigenvalue weighted by atomic mass is 16.5. The average molecular weight is 362 g/mol. The maximum Gasteiger partial charge on any atom is 0.358 e. The standard InChI is InChI=1S/C16H17NO4.C2H5NO2/c1-11-9-13(15(18)14(17-11)16(19)20)7-8-21-10-12-5-3-2-4-6-12;3-1-2(4)5/h2-6,9,18H,7-8,10H2,1H3,(H,19,20);1,3H2,(H,4,5). The normalized spacial score (nSPS) is 9.92. The molecule has 0 amide bonds. The quantitative estimate of drug-likeness (QED) is 0.544. The first-order valence-electron chi connectivity index (χ1n) is 7.81. The van der Waals surface area contributed by atoms with E-state index in [-0.39, 0.29) is 18.0 Å². The van der Waals surface area contributed by atoms with E-state index in [2.05, 4.69) is 10.7 Å². The van der Waals surface area contributed by atoms with E-state index >= 15 is 0 Å². The van der Waals surface area contributed by atoms with Gasteiger partial charge in [0, 0.05) is 11.3 Å². The number of pyridine rings is 1. The summed E-state index contributed by atoms with van der Waals surface area (Å²) in [7, 11) is 0. The van der Waals surface area contributed by atoms with E-state index in [4.69, 9.17) is 14.9 Å². The van der Waals surface area contributed by atoms with Crippen molar-refractivity contribution in [2.75, 3.05) is 13.2 Å². The Balaban J connectivity index is 0.000000597. The van der Waals surface area contributed by atoms with E-state index in [0.717, 1.165) is 5.56 Å². The number of aromatic nitrogens is 1. The molecular formula is C18H22N2O6. The van der Waals surface area contributed by atoms with Crippen molar-refractivity contribution in [1.29, 1.82) is 0 Å². The molecule has 0 unspecified atom stereocenters. The molecule has 1 aromatic carbocycles. The van der Waals surface area contributed by atoms with Crippen molar-refractivity contribution in [3.63, 3.8) is 0 Å². The number of hydrogen-bond acceptors (Lipinski definition) is 6. The first-order chi connectivity index (χ1) is 12.3. The topological polar surface area (TPSA) is 143 Å². The minimum Gasteiger partial charge on any atom is -0.505 e. The highest BCUT2D eigenvalue weighted by molar-refractivity contribution is 5.89. The van der Waals surface area contributed by atoms with E-state index in [1.807, 2.05) is 30.3 Å². The van der Waals surface area contributed by atoms with Crippen LogP contribution < -0.4 is 5.73 Å². The number of aryl methyl sites for hydroxylation is 1. The smallest absolute Gasteiger partial charge is 0.358 e. The molecule has 0 bridgehead atoms. The van der Waals surface area contributed by atoms with Gasteiger partial charge in [-0.1, -0.05) is 30.3 Å². The predicted octanol–water partition coefficient (Wildman–Crippen LogP) is 1.58. The van der Waals surface area contributed by atoms with Crippen molar-refractivity contribution in [2.24, 2.45) is 5.73 Å². The van der Waals surface area contributed by atoms with Crippen molar-refractivity contribution >= 4 is 11.9 Å². The fourth-order valence-corrected chi connectivity index (χ4v) is 2.02. The number of aromatic carboxylic acids is 1. The molecule has 0 saturated carbocycles. The van der Waals surface area contributed by atoms with Crippen molar-refractivity contribution in [3.8, 4) is 5.75 Å². The third kappa shape index (κ3) is 7.29. The van der Waals surface area contributed by atoms with Gasteiger partial charge in [-0.15, -0.1) is 0 Å². The number of nitrogens with two attached hydrogens (primary N) is 1. The maximum atomic E-state index is 11.0. The summed E-state index contributed by atoms with van der Waals surface area (Å²) in [5.41, 5.74) is 6.42. The molecule has 0 radical (unpaired) electrons. The molecule has 140 valence electrons. The summed E-state index contributed by atoms with van der Waals surface area (Å²) >= 11 is 0. The van der Waals surface area contributed by atoms with Crippen LogP contribution in [0.15, 0.2) is 36.4 Å². The van der Waals surface area contributed by atoms with Gasteiger partial charge in [-0.2, -0.15) is 0 Å². The predicted molar refractivity (Wildman–Crippen MR) is 94.1 cm³/mol. The first kappa shape index (κ1) is 21.1. The molecular weight excluding hydrogens is 340 g/mol. The second kappa shape index (κ2) is 10.8. The summed E-state index contributed by atoms with van der Waals surface area (Å²) in [6.45, 7) is 2.29. The van der Waals surface area contributed by atoms with E-state index in [0.29, 0.717) is 30.9 Å². The molecule has 2 rings (SSSR count). The van der Waals surface area contributed by atoms with E-state index in [1.54, 1.807) is 13.0 Å². The fraction of sp³-hybridized carbons (Fsp3) is 0.278. The van der Waals surface area contributed by atoms with Crippen LogP contribution in [-0.4, -0.2) is 45.4 Å². The molecule has 26 heavy (non-hydrogen) atoms. The molecule has 0 fully saturated rings. The number of aliphatic carboxylic acids is 1. The molecule has 5 N–H and O–H groups in total. The van der Waals surface area contributed by atoms with E-state index in [9.17, 15) is 14.7 Å². The summed E-state index contributed by atoms with van der Waals surface area (Å²) in [5, 5.41) is 26.5. The summed E-state index contributed by atoms with van der Waals surface area (Å²) in [6.07, 6.45) is 0.433. The van der Waals surface area contributed by atoms with Crippen LogP contribution in [0.5, 0.6) is 5.75 Å². The summed E-state index contributed by atoms with van der Waals surface area (Å²) in [4.78, 5) is 24.0. The maximum absolute atomic E-state index is 11.0. The van der Waals surface area contributed by atoms with Gasteiger partial charge in [-0.25, -0.2) is 9.78 Å². The lowest BCUT2D eigenvalue weighted by atomic mass is 10.1. The SMILES string of the molecule is Cc1cc(CCOCc2ccccc2)c(O)c(C(=O)O)n1.NCC(=O)O. The number of benzene rings is 1. The lowest BCUT2D eigenvalue weighted by Gasteiger charge is -2.09. The number of carbonyl (C=O) groups is 2. The van der Waals surface area contributed by atoms with Gasteiger partial charge in [0.25, 0.3) is 0 Å². The van der Waals surface area contributed by atoms with Crippen molar-refractivity contribution < 1.29 is 29.6 Å². The van der Waals surface area contributed by atoms with Gasteiger partial charge in [-0.3, -0.25) is 4.79 Å². The molecule has 0 aliphatic heterocycles. The molecule has 0 aliphatic rings. The number of hydrogen-bond donors (Lipinski definition) is 4. The Bertz CT molecular complexity index is 734. The Morgan fingerprint density at radius 1 is 1.19 bits per heavy atom. The van der Waals surface area contributed by atoms with Crippen LogP contribution in [0.4, 0.5) is 0 Å². The Hall–Kier alpha value is -2.97. The molecule has 8 nitrogen and oxygen atoms in total. The molecule has 0 spiro atoms. The van der Waals surface area contributed by atoms with Crippen LogP contribution >= 0.6 is 0 Å². The average Bonchev–Trinajstić information content (AvgIpc) is 2.62. The largest absolute Gasteiger partial charge is 0.505 e. The summed E-state index contributed by atoms with van der Waals surface area (Å²) in [6, 6.07) is 11.4. The molecule has 1 aromatic heterocycles. The van der Waals surface area contributed by atoms with Crippen LogP contribution in [0.25, 0.3) is 0 Å². The Morgan fingerprint density at radius 2 is 1.81 bits per heavy atom. The third-order valence-electron chi connectivity index (χ3n) is 3.20. The van der Waals surface area contributed by atoms with Gasteiger partial charge < -0.3 is 25.8 Å². The Kier molecular flexibility index (Phi) is 8.76. The zero-order valence-corrected chi connectivity index (χ0v) is 14.4. The monoisotopic (exact) mass is 362 g/mol. The molecule has 0 atom stereocenters. The second-order valence-corrected chi connectivity index (χ2v) is 5.31. The van der Waals surface area contributed by atoms with Gasteiger partial charge in [0.2, 0.25) is 0 Å². The molecule has 0 saturated heterocycles. The number of ether oxygens (including phenoxy) is 1. The Morgan fingerprint density at radius 3 is 2.35 bits per heavy atom. The Labute approximate surface area is 150 Å². The number of rotatable bonds is 7. The van der Waals surface area contributed by atoms with Crippen LogP contribution in [0.2, 0.25) is 0 Å². The molecule has 1 heterocycles. The van der Waals surface area contributed by atoms with Crippen molar-refractivity contribution in [3.05, 3.63) is 58.9 Å². The number of carboxylic acid groups (broad SMARTS) is 2. The van der Waals surface area contributed by atoms with Crippen LogP contribution in [0.3, 0.4) is 0 Å². The van der Waals surface area contributed by atoms with Gasteiger partial charge in [-0.05, 0) is 25.0 Å². The lowest BCUT2D eigenvalue weighted by Crippen LogP contribution is -2.10. The molecule has 2 aromatic rings. The van der Waals surface area contributed by atoms with Gasteiger partial charge in [0.15, 0.2) is 11.4 Å². The highest BCUT2D eigenvalue weighted by Gasteiger charge is 2.16. The minimum absolute atomic E-state index is 0.278. The van der Waals surface area contributed by atoms with E-state index in [1.165, 1.54) is 0 Å². The highest BCUT2D eigenvalue weighted by Crippen LogP contribution is 2.22. The second-order valence-electron chi connectivity index (χ2n) is 5.31. The number of carboxylic acids is 2. The van der Waals surface area contributed by atoms with Crippen LogP contribution in [0, 0.1) is 6.92 Å². The van der Waals surface area contributed by atoms with Crippen molar-refractivity contribution in [1.82, 2.24) is 4.98 Å². The fourth-order valence-electron chi connectivity index (χ4n) is 2.02. The summed E-state index contributed by atoms with van der Waals surface area (Å²) in [5.74, 6) is -2.48. The number of nitrogens with zero attached hydrogens (tertiary/aromatic N) is 1. The van der Waals surface area contributed by atoms with Gasteiger partial charge in [0.05, 0.1) is 19.8 Å². The minimum atomic E-state index is -1.23. The van der Waals surface area contributed by atoms with Crippen LogP contribution in [-0.2, 0) is 22.6 Å². The number of aromatic hydroxyl groups is 1. The van der Waals surface area contributed by atoms with E-state index < -0.39 is 11.9 Å². The zero-order valence-electron chi connectivity index (χ0n) is 14.4. The third-order valence-corrected chi connectivity index (χ3v) is 3.20. The summed E-state index contributed by atoms with van der Waals surface area (Å²) < 4.78 is 5.54. The first-order valence-corrected chi connectivity index (χ1v) is 7.81.